The van der Waals surface area contributed by atoms with Gasteiger partial charge in [0.15, 0.2) is 11.5 Å². The summed E-state index contributed by atoms with van der Waals surface area (Å²) in [4.78, 5) is 13.4. The first-order chi connectivity index (χ1) is 13.3. The molecule has 1 aromatic rings. The zero-order valence-electron chi connectivity index (χ0n) is 17.4. The molecule has 2 N–H and O–H groups in total. The van der Waals surface area contributed by atoms with Crippen LogP contribution in [-0.4, -0.2) is 49.3 Å². The van der Waals surface area contributed by atoms with Gasteiger partial charge in [0, 0.05) is 11.5 Å². The van der Waals surface area contributed by atoms with E-state index in [0.29, 0.717) is 6.54 Å². The van der Waals surface area contributed by atoms with Gasteiger partial charge in [-0.1, -0.05) is 12.1 Å². The van der Waals surface area contributed by atoms with E-state index in [1.807, 2.05) is 12.1 Å². The number of likely N-dealkylation sites (tertiary alicyclic amines) is 1. The van der Waals surface area contributed by atoms with Gasteiger partial charge in [-0.25, -0.2) is 0 Å². The van der Waals surface area contributed by atoms with Gasteiger partial charge >= 0.3 is 0 Å². The molecule has 28 heavy (non-hydrogen) atoms. The van der Waals surface area contributed by atoms with Gasteiger partial charge in [0.05, 0.1) is 25.9 Å². The zero-order valence-corrected chi connectivity index (χ0v) is 17.4. The van der Waals surface area contributed by atoms with Crippen LogP contribution in [0, 0.1) is 11.3 Å². The van der Waals surface area contributed by atoms with Gasteiger partial charge in [-0.15, -0.1) is 0 Å². The standard InChI is InChI=1S/C22H32N2O4/c1-14-22(8-10-24(11-9-22)13-18(23)25)12-16-19(27-14)15-6-5-7-17(26-4)20(15)28-21(16,2)3/h5-7,14,16,19H,8-13H2,1-4H3,(H2,23,25)/t14-,16-,19+/m0/s1. The predicted octanol–water partition coefficient (Wildman–Crippen LogP) is 2.90. The van der Waals surface area contributed by atoms with Crippen molar-refractivity contribution in [2.75, 3.05) is 26.7 Å². The highest BCUT2D eigenvalue weighted by atomic mass is 16.5. The fraction of sp³-hybridized carbons (Fsp3) is 0.682. The van der Waals surface area contributed by atoms with Gasteiger partial charge in [0.25, 0.3) is 0 Å². The van der Waals surface area contributed by atoms with E-state index in [1.54, 1.807) is 7.11 Å². The van der Waals surface area contributed by atoms with E-state index in [2.05, 4.69) is 31.7 Å². The number of methoxy groups -OCH3 is 1. The highest BCUT2D eigenvalue weighted by Gasteiger charge is 2.55. The number of hydrogen-bond donors (Lipinski definition) is 1. The molecule has 154 valence electrons. The van der Waals surface area contributed by atoms with E-state index in [-0.39, 0.29) is 35.0 Å². The average Bonchev–Trinajstić information content (AvgIpc) is 2.64. The first-order valence-corrected chi connectivity index (χ1v) is 10.3. The van der Waals surface area contributed by atoms with Crippen LogP contribution < -0.4 is 15.2 Å². The van der Waals surface area contributed by atoms with Crippen molar-refractivity contribution in [3.05, 3.63) is 23.8 Å². The van der Waals surface area contributed by atoms with E-state index >= 15 is 0 Å². The lowest BCUT2D eigenvalue weighted by atomic mass is 9.61. The number of piperidine rings is 1. The van der Waals surface area contributed by atoms with Gasteiger partial charge in [-0.3, -0.25) is 9.69 Å². The molecular weight excluding hydrogens is 356 g/mol. The Morgan fingerprint density at radius 1 is 1.32 bits per heavy atom. The number of primary amides is 1. The molecule has 4 rings (SSSR count). The number of nitrogens with two attached hydrogens (primary N) is 1. The summed E-state index contributed by atoms with van der Waals surface area (Å²) in [5.74, 6) is 1.60. The Kier molecular flexibility index (Phi) is 4.82. The van der Waals surface area contributed by atoms with E-state index in [0.717, 1.165) is 49.4 Å². The SMILES string of the molecule is COc1cccc2c1OC(C)(C)[C@H]1CC3(CCN(CC(N)=O)CC3)[C@H](C)O[C@H]21. The van der Waals surface area contributed by atoms with Crippen LogP contribution in [0.5, 0.6) is 11.5 Å². The number of para-hydroxylation sites is 1. The molecule has 3 aliphatic heterocycles. The summed E-state index contributed by atoms with van der Waals surface area (Å²) in [6.45, 7) is 8.66. The first-order valence-electron chi connectivity index (χ1n) is 10.3. The van der Waals surface area contributed by atoms with Crippen LogP contribution in [0.3, 0.4) is 0 Å². The maximum absolute atomic E-state index is 11.3. The molecule has 1 amide bonds. The number of benzene rings is 1. The van der Waals surface area contributed by atoms with Gasteiger partial charge in [-0.05, 0) is 64.6 Å². The molecule has 0 saturated carbocycles. The Labute approximate surface area is 167 Å². The van der Waals surface area contributed by atoms with E-state index in [1.165, 1.54) is 0 Å². The Balaban J connectivity index is 1.61. The Hall–Kier alpha value is -1.79. The highest BCUT2D eigenvalue weighted by molar-refractivity contribution is 5.75. The fourth-order valence-corrected chi connectivity index (χ4v) is 5.42. The second-order valence-electron chi connectivity index (χ2n) is 9.20. The minimum atomic E-state index is -0.343. The quantitative estimate of drug-likeness (QED) is 0.862. The smallest absolute Gasteiger partial charge is 0.231 e. The molecule has 6 nitrogen and oxygen atoms in total. The largest absolute Gasteiger partial charge is 0.493 e. The fourth-order valence-electron chi connectivity index (χ4n) is 5.42. The van der Waals surface area contributed by atoms with Crippen LogP contribution in [0.25, 0.3) is 0 Å². The number of amides is 1. The van der Waals surface area contributed by atoms with Crippen molar-refractivity contribution in [3.63, 3.8) is 0 Å². The summed E-state index contributed by atoms with van der Waals surface area (Å²) in [5, 5.41) is 0. The molecule has 2 fully saturated rings. The third-order valence-electron chi connectivity index (χ3n) is 7.23. The molecule has 0 aliphatic carbocycles. The summed E-state index contributed by atoms with van der Waals surface area (Å²) in [5.41, 5.74) is 6.25. The average molecular weight is 389 g/mol. The number of carbonyl (C=O) groups is 1. The molecule has 1 aromatic carbocycles. The van der Waals surface area contributed by atoms with Crippen molar-refractivity contribution >= 4 is 5.91 Å². The van der Waals surface area contributed by atoms with E-state index in [9.17, 15) is 4.79 Å². The lowest BCUT2D eigenvalue weighted by Crippen LogP contribution is -2.57. The third kappa shape index (κ3) is 3.16. The normalized spacial score (nSPS) is 30.8. The molecule has 3 aliphatic rings. The first kappa shape index (κ1) is 19.5. The predicted molar refractivity (Wildman–Crippen MR) is 106 cm³/mol. The number of ether oxygens (including phenoxy) is 3. The number of carbonyl (C=O) groups excluding carboxylic acids is 1. The van der Waals surface area contributed by atoms with Crippen molar-refractivity contribution in [2.45, 2.75) is 57.8 Å². The minimum Gasteiger partial charge on any atom is -0.493 e. The summed E-state index contributed by atoms with van der Waals surface area (Å²) >= 11 is 0. The lowest BCUT2D eigenvalue weighted by molar-refractivity contribution is -0.210. The van der Waals surface area contributed by atoms with Crippen LogP contribution >= 0.6 is 0 Å². The minimum absolute atomic E-state index is 0.0122. The highest BCUT2D eigenvalue weighted by Crippen LogP contribution is 2.59. The third-order valence-corrected chi connectivity index (χ3v) is 7.23. The van der Waals surface area contributed by atoms with Crippen LogP contribution in [-0.2, 0) is 9.53 Å². The Morgan fingerprint density at radius 2 is 2.04 bits per heavy atom. The maximum atomic E-state index is 11.3. The molecule has 0 radical (unpaired) electrons. The van der Waals surface area contributed by atoms with E-state index < -0.39 is 0 Å². The topological polar surface area (TPSA) is 74.0 Å². The van der Waals surface area contributed by atoms with Gasteiger partial charge in [-0.2, -0.15) is 0 Å². The molecule has 0 aromatic heterocycles. The van der Waals surface area contributed by atoms with Gasteiger partial charge in [0.2, 0.25) is 5.91 Å². The molecular formula is C22H32N2O4. The number of nitrogens with zero attached hydrogens (tertiary/aromatic N) is 1. The van der Waals surface area contributed by atoms with Crippen LogP contribution in [0.15, 0.2) is 18.2 Å². The monoisotopic (exact) mass is 388 g/mol. The molecule has 3 heterocycles. The van der Waals surface area contributed by atoms with Crippen molar-refractivity contribution in [3.8, 4) is 11.5 Å². The zero-order chi connectivity index (χ0) is 20.1. The van der Waals surface area contributed by atoms with Crippen LogP contribution in [0.1, 0.15) is 51.7 Å². The second kappa shape index (κ2) is 6.92. The van der Waals surface area contributed by atoms with Crippen molar-refractivity contribution in [1.29, 1.82) is 0 Å². The molecule has 0 bridgehead atoms. The van der Waals surface area contributed by atoms with Crippen LogP contribution in [0.2, 0.25) is 0 Å². The van der Waals surface area contributed by atoms with Crippen molar-refractivity contribution in [1.82, 2.24) is 4.90 Å². The molecule has 2 saturated heterocycles. The molecule has 6 heteroatoms. The maximum Gasteiger partial charge on any atom is 0.231 e. The van der Waals surface area contributed by atoms with Gasteiger partial charge in [0.1, 0.15) is 5.60 Å². The molecule has 3 atom stereocenters. The second-order valence-corrected chi connectivity index (χ2v) is 9.20. The lowest BCUT2D eigenvalue weighted by Gasteiger charge is -2.57. The Morgan fingerprint density at radius 3 is 2.68 bits per heavy atom. The van der Waals surface area contributed by atoms with Crippen molar-refractivity contribution in [2.24, 2.45) is 17.1 Å². The van der Waals surface area contributed by atoms with Gasteiger partial charge < -0.3 is 19.9 Å². The summed E-state index contributed by atoms with van der Waals surface area (Å²) in [6.07, 6.45) is 3.26. The summed E-state index contributed by atoms with van der Waals surface area (Å²) < 4.78 is 18.7. The number of fused-ring (bicyclic) bond motifs is 3. The molecule has 1 spiro atoms. The molecule has 0 unspecified atom stereocenters. The summed E-state index contributed by atoms with van der Waals surface area (Å²) in [7, 11) is 1.68. The Bertz CT molecular complexity index is 755. The van der Waals surface area contributed by atoms with Crippen molar-refractivity contribution < 1.29 is 19.0 Å². The van der Waals surface area contributed by atoms with Crippen LogP contribution in [0.4, 0.5) is 0 Å². The number of hydrogen-bond acceptors (Lipinski definition) is 5. The summed E-state index contributed by atoms with van der Waals surface area (Å²) in [6, 6.07) is 6.06. The number of rotatable bonds is 3. The van der Waals surface area contributed by atoms with E-state index in [4.69, 9.17) is 19.9 Å².